The third-order valence-corrected chi connectivity index (χ3v) is 2.88. The summed E-state index contributed by atoms with van der Waals surface area (Å²) in [7, 11) is 0. The summed E-state index contributed by atoms with van der Waals surface area (Å²) in [5, 5.41) is 11.9. The van der Waals surface area contributed by atoms with E-state index >= 15 is 0 Å². The number of hydrogen-bond acceptors (Lipinski definition) is 2. The van der Waals surface area contributed by atoms with E-state index in [9.17, 15) is 0 Å². The van der Waals surface area contributed by atoms with Crippen LogP contribution in [0.25, 0.3) is 0 Å². The third-order valence-electron chi connectivity index (χ3n) is 2.88. The van der Waals surface area contributed by atoms with Crippen LogP contribution in [0.1, 0.15) is 33.1 Å². The zero-order chi connectivity index (χ0) is 9.03. The van der Waals surface area contributed by atoms with E-state index in [0.717, 1.165) is 13.1 Å². The van der Waals surface area contributed by atoms with Crippen molar-refractivity contribution in [3.63, 3.8) is 0 Å². The molecule has 0 amide bonds. The smallest absolute Gasteiger partial charge is 0.0666 e. The van der Waals surface area contributed by atoms with E-state index in [1.807, 2.05) is 6.92 Å². The fourth-order valence-electron chi connectivity index (χ4n) is 1.43. The minimum absolute atomic E-state index is 0.151. The van der Waals surface area contributed by atoms with Gasteiger partial charge in [0.15, 0.2) is 0 Å². The van der Waals surface area contributed by atoms with Crippen molar-refractivity contribution in [3.05, 3.63) is 0 Å². The first kappa shape index (κ1) is 9.54. The molecule has 0 aliphatic heterocycles. The Morgan fingerprint density at radius 1 is 1.58 bits per heavy atom. The highest BCUT2D eigenvalue weighted by molar-refractivity contribution is 4.94. The summed E-state index contributed by atoms with van der Waals surface area (Å²) >= 11 is 0. The monoisotopic (exact) mass is 166 g/mol. The molecule has 0 saturated heterocycles. The highest BCUT2D eigenvalue weighted by Crippen LogP contribution is 2.47. The maximum Gasteiger partial charge on any atom is 0.0666 e. The number of nitriles is 1. The first-order chi connectivity index (χ1) is 5.72. The molecular weight excluding hydrogens is 148 g/mol. The predicted molar refractivity (Wildman–Crippen MR) is 49.6 cm³/mol. The molecule has 1 fully saturated rings. The fourth-order valence-corrected chi connectivity index (χ4v) is 1.43. The SMILES string of the molecule is CCC1(CNCC(C)C#N)CC1. The molecule has 1 N–H and O–H groups in total. The molecule has 1 unspecified atom stereocenters. The second kappa shape index (κ2) is 3.91. The van der Waals surface area contributed by atoms with Crippen molar-refractivity contribution >= 4 is 0 Å². The topological polar surface area (TPSA) is 35.8 Å². The summed E-state index contributed by atoms with van der Waals surface area (Å²) in [6.45, 7) is 6.16. The normalized spacial score (nSPS) is 21.4. The number of hydrogen-bond donors (Lipinski definition) is 1. The van der Waals surface area contributed by atoms with Gasteiger partial charge in [-0.3, -0.25) is 0 Å². The quantitative estimate of drug-likeness (QED) is 0.677. The second-order valence-corrected chi connectivity index (χ2v) is 4.01. The van der Waals surface area contributed by atoms with Crippen molar-refractivity contribution < 1.29 is 0 Å². The van der Waals surface area contributed by atoms with Gasteiger partial charge >= 0.3 is 0 Å². The van der Waals surface area contributed by atoms with Crippen LogP contribution in [0.5, 0.6) is 0 Å². The average molecular weight is 166 g/mol. The van der Waals surface area contributed by atoms with Gasteiger partial charge in [-0.15, -0.1) is 0 Å². The van der Waals surface area contributed by atoms with Gasteiger partial charge in [-0.25, -0.2) is 0 Å². The molecule has 12 heavy (non-hydrogen) atoms. The van der Waals surface area contributed by atoms with E-state index in [-0.39, 0.29) is 5.92 Å². The van der Waals surface area contributed by atoms with Gasteiger partial charge in [0, 0.05) is 13.1 Å². The van der Waals surface area contributed by atoms with Gasteiger partial charge in [-0.1, -0.05) is 6.92 Å². The Bertz CT molecular complexity index is 177. The first-order valence-corrected chi connectivity index (χ1v) is 4.83. The van der Waals surface area contributed by atoms with Crippen LogP contribution in [-0.4, -0.2) is 13.1 Å². The average Bonchev–Trinajstić information content (AvgIpc) is 2.85. The number of nitrogens with zero attached hydrogens (tertiary/aromatic N) is 1. The van der Waals surface area contributed by atoms with Crippen molar-refractivity contribution in [2.45, 2.75) is 33.1 Å². The highest BCUT2D eigenvalue weighted by Gasteiger charge is 2.39. The Hall–Kier alpha value is -0.550. The van der Waals surface area contributed by atoms with Crippen LogP contribution in [0.2, 0.25) is 0 Å². The Morgan fingerprint density at radius 3 is 2.67 bits per heavy atom. The van der Waals surface area contributed by atoms with Crippen molar-refractivity contribution in [2.24, 2.45) is 11.3 Å². The standard InChI is InChI=1S/C10H18N2/c1-3-10(4-5-10)8-12-7-9(2)6-11/h9,12H,3-5,7-8H2,1-2H3. The Kier molecular flexibility index (Phi) is 3.11. The number of nitrogens with one attached hydrogen (secondary N) is 1. The molecule has 0 bridgehead atoms. The Labute approximate surface area is 75.0 Å². The maximum absolute atomic E-state index is 8.55. The van der Waals surface area contributed by atoms with Crippen LogP contribution in [-0.2, 0) is 0 Å². The second-order valence-electron chi connectivity index (χ2n) is 4.01. The number of rotatable bonds is 5. The van der Waals surface area contributed by atoms with E-state index in [1.165, 1.54) is 19.3 Å². The molecule has 2 nitrogen and oxygen atoms in total. The highest BCUT2D eigenvalue weighted by atomic mass is 14.9. The molecule has 0 heterocycles. The van der Waals surface area contributed by atoms with Crippen molar-refractivity contribution in [1.82, 2.24) is 5.32 Å². The van der Waals surface area contributed by atoms with Gasteiger partial charge in [0.1, 0.15) is 0 Å². The molecule has 68 valence electrons. The van der Waals surface area contributed by atoms with Gasteiger partial charge in [0.2, 0.25) is 0 Å². The third kappa shape index (κ3) is 2.49. The lowest BCUT2D eigenvalue weighted by atomic mass is 10.0. The summed E-state index contributed by atoms with van der Waals surface area (Å²) in [6, 6.07) is 2.23. The van der Waals surface area contributed by atoms with Crippen molar-refractivity contribution in [2.75, 3.05) is 13.1 Å². The van der Waals surface area contributed by atoms with Crippen LogP contribution in [0.3, 0.4) is 0 Å². The lowest BCUT2D eigenvalue weighted by Crippen LogP contribution is -2.27. The molecule has 0 radical (unpaired) electrons. The summed E-state index contributed by atoms with van der Waals surface area (Å²) < 4.78 is 0. The van der Waals surface area contributed by atoms with Crippen molar-refractivity contribution in [3.8, 4) is 6.07 Å². The van der Waals surface area contributed by atoms with Gasteiger partial charge in [-0.2, -0.15) is 5.26 Å². The maximum atomic E-state index is 8.55. The Balaban J connectivity index is 2.07. The molecular formula is C10H18N2. The zero-order valence-corrected chi connectivity index (χ0v) is 8.06. The van der Waals surface area contributed by atoms with Crippen LogP contribution >= 0.6 is 0 Å². The molecule has 1 saturated carbocycles. The lowest BCUT2D eigenvalue weighted by Gasteiger charge is -2.13. The zero-order valence-electron chi connectivity index (χ0n) is 8.06. The lowest BCUT2D eigenvalue weighted by molar-refractivity contribution is 0.433. The molecule has 1 rings (SSSR count). The fraction of sp³-hybridized carbons (Fsp3) is 0.900. The van der Waals surface area contributed by atoms with Gasteiger partial charge in [0.25, 0.3) is 0 Å². The molecule has 1 aliphatic carbocycles. The summed E-state index contributed by atoms with van der Waals surface area (Å²) in [5.74, 6) is 0.151. The van der Waals surface area contributed by atoms with Gasteiger partial charge in [0.05, 0.1) is 12.0 Å². The summed E-state index contributed by atoms with van der Waals surface area (Å²) in [4.78, 5) is 0. The largest absolute Gasteiger partial charge is 0.315 e. The minimum Gasteiger partial charge on any atom is -0.315 e. The summed E-state index contributed by atoms with van der Waals surface area (Å²) in [5.41, 5.74) is 0.606. The van der Waals surface area contributed by atoms with Crippen molar-refractivity contribution in [1.29, 1.82) is 5.26 Å². The molecule has 2 heteroatoms. The molecule has 0 aromatic carbocycles. The minimum atomic E-state index is 0.151. The summed E-state index contributed by atoms with van der Waals surface area (Å²) in [6.07, 6.45) is 4.02. The van der Waals surface area contributed by atoms with Gasteiger partial charge in [-0.05, 0) is 31.6 Å². The van der Waals surface area contributed by atoms with Gasteiger partial charge < -0.3 is 5.32 Å². The molecule has 1 atom stereocenters. The van der Waals surface area contributed by atoms with Crippen LogP contribution in [0, 0.1) is 22.7 Å². The van der Waals surface area contributed by atoms with E-state index in [0.29, 0.717) is 5.41 Å². The van der Waals surface area contributed by atoms with E-state index < -0.39 is 0 Å². The molecule has 0 spiro atoms. The van der Waals surface area contributed by atoms with E-state index in [2.05, 4.69) is 18.3 Å². The molecule has 1 aliphatic rings. The predicted octanol–water partition coefficient (Wildman–Crippen LogP) is 1.93. The Morgan fingerprint density at radius 2 is 2.25 bits per heavy atom. The van der Waals surface area contributed by atoms with E-state index in [1.54, 1.807) is 0 Å². The molecule has 0 aromatic rings. The van der Waals surface area contributed by atoms with E-state index in [4.69, 9.17) is 5.26 Å². The van der Waals surface area contributed by atoms with Crippen LogP contribution in [0.15, 0.2) is 0 Å². The van der Waals surface area contributed by atoms with Crippen LogP contribution < -0.4 is 5.32 Å². The molecule has 0 aromatic heterocycles. The first-order valence-electron chi connectivity index (χ1n) is 4.83. The van der Waals surface area contributed by atoms with Crippen LogP contribution in [0.4, 0.5) is 0 Å².